The predicted molar refractivity (Wildman–Crippen MR) is 133 cm³/mol. The van der Waals surface area contributed by atoms with Gasteiger partial charge in [0.2, 0.25) is 0 Å². The summed E-state index contributed by atoms with van der Waals surface area (Å²) >= 11 is 0. The number of aliphatic imine (C=N–C) groups is 1. The summed E-state index contributed by atoms with van der Waals surface area (Å²) in [6, 6.07) is 8.71. The second-order valence-electron chi connectivity index (χ2n) is 7.95. The van der Waals surface area contributed by atoms with E-state index in [9.17, 15) is 0 Å². The van der Waals surface area contributed by atoms with E-state index >= 15 is 0 Å². The minimum atomic E-state index is 0. The van der Waals surface area contributed by atoms with Gasteiger partial charge in [-0.3, -0.25) is 4.68 Å². The molecule has 1 heterocycles. The fourth-order valence-corrected chi connectivity index (χ4v) is 3.24. The zero-order chi connectivity index (χ0) is 20.7. The Morgan fingerprint density at radius 1 is 1.10 bits per heavy atom. The predicted octanol–water partition coefficient (Wildman–Crippen LogP) is 3.82. The Morgan fingerprint density at radius 2 is 1.72 bits per heavy atom. The van der Waals surface area contributed by atoms with Gasteiger partial charge in [0.1, 0.15) is 0 Å². The van der Waals surface area contributed by atoms with Crippen molar-refractivity contribution in [3.05, 3.63) is 52.8 Å². The van der Waals surface area contributed by atoms with E-state index in [1.54, 1.807) is 0 Å². The van der Waals surface area contributed by atoms with Crippen LogP contribution < -0.4 is 5.32 Å². The molecule has 0 aliphatic rings. The zero-order valence-corrected chi connectivity index (χ0v) is 21.3. The Labute approximate surface area is 193 Å². The van der Waals surface area contributed by atoms with Gasteiger partial charge in [-0.05, 0) is 38.1 Å². The zero-order valence-electron chi connectivity index (χ0n) is 18.9. The Bertz CT molecular complexity index is 764. The third-order valence-corrected chi connectivity index (χ3v) is 4.52. The van der Waals surface area contributed by atoms with Crippen molar-refractivity contribution in [2.45, 2.75) is 46.3 Å². The molecule has 1 aromatic carbocycles. The van der Waals surface area contributed by atoms with E-state index in [1.165, 1.54) is 16.7 Å². The number of guanidine groups is 1. The van der Waals surface area contributed by atoms with Crippen LogP contribution >= 0.6 is 24.0 Å². The van der Waals surface area contributed by atoms with Crippen LogP contribution in [-0.4, -0.2) is 53.2 Å². The molecule has 0 aliphatic heterocycles. The van der Waals surface area contributed by atoms with E-state index < -0.39 is 0 Å². The first kappa shape index (κ1) is 25.4. The number of halogens is 1. The van der Waals surface area contributed by atoms with Gasteiger partial charge in [-0.25, -0.2) is 4.99 Å². The van der Waals surface area contributed by atoms with Gasteiger partial charge in [-0.15, -0.1) is 24.0 Å². The average molecular weight is 512 g/mol. The summed E-state index contributed by atoms with van der Waals surface area (Å²) in [5.74, 6) is 1.32. The summed E-state index contributed by atoms with van der Waals surface area (Å²) in [4.78, 5) is 9.19. The van der Waals surface area contributed by atoms with Crippen molar-refractivity contribution in [2.75, 3.05) is 27.7 Å². The van der Waals surface area contributed by atoms with Crippen molar-refractivity contribution in [3.63, 3.8) is 0 Å². The van der Waals surface area contributed by atoms with Crippen LogP contribution in [0, 0.1) is 0 Å². The molecule has 162 valence electrons. The van der Waals surface area contributed by atoms with E-state index in [-0.39, 0.29) is 24.0 Å². The number of hydrogen-bond donors (Lipinski definition) is 1. The van der Waals surface area contributed by atoms with E-state index in [2.05, 4.69) is 92.6 Å². The van der Waals surface area contributed by atoms with E-state index in [4.69, 9.17) is 4.99 Å². The highest BCUT2D eigenvalue weighted by atomic mass is 127. The Kier molecular flexibility index (Phi) is 10.7. The Balaban J connectivity index is 0.00000420. The number of nitrogens with zero attached hydrogens (tertiary/aromatic N) is 5. The van der Waals surface area contributed by atoms with Gasteiger partial charge in [0, 0.05) is 45.5 Å². The van der Waals surface area contributed by atoms with Crippen LogP contribution in [0.25, 0.3) is 0 Å². The summed E-state index contributed by atoms with van der Waals surface area (Å²) in [5.41, 5.74) is 4.94. The molecular formula is C22H37IN6. The van der Waals surface area contributed by atoms with Gasteiger partial charge in [0.15, 0.2) is 5.96 Å². The molecule has 7 heteroatoms. The van der Waals surface area contributed by atoms with Crippen LogP contribution in [0.3, 0.4) is 0 Å². The standard InChI is InChI=1S/C22H36N6.HI/c1-8-23-22(24-13-18-9-11-19(12-10-18)14-26(4)5)27(6)15-20-16-28(7)25-21(20)17(2)3;/h9-12,16-17H,8,13-15H2,1-7H3,(H,23,24);1H. The van der Waals surface area contributed by atoms with Crippen molar-refractivity contribution in [1.82, 2.24) is 24.9 Å². The first-order valence-corrected chi connectivity index (χ1v) is 10.0. The van der Waals surface area contributed by atoms with Crippen LogP contribution in [-0.2, 0) is 26.7 Å². The van der Waals surface area contributed by atoms with Gasteiger partial charge in [0.05, 0.1) is 12.2 Å². The first-order chi connectivity index (χ1) is 13.3. The largest absolute Gasteiger partial charge is 0.357 e. The molecule has 0 saturated heterocycles. The summed E-state index contributed by atoms with van der Waals surface area (Å²) < 4.78 is 1.90. The summed E-state index contributed by atoms with van der Waals surface area (Å²) in [5, 5.41) is 8.02. The number of benzene rings is 1. The Morgan fingerprint density at radius 3 is 2.28 bits per heavy atom. The van der Waals surface area contributed by atoms with Crippen molar-refractivity contribution < 1.29 is 0 Å². The molecule has 29 heavy (non-hydrogen) atoms. The maximum atomic E-state index is 4.85. The highest BCUT2D eigenvalue weighted by Crippen LogP contribution is 2.18. The summed E-state index contributed by atoms with van der Waals surface area (Å²) in [7, 11) is 8.24. The molecule has 0 amide bonds. The molecule has 0 saturated carbocycles. The minimum absolute atomic E-state index is 0. The topological polar surface area (TPSA) is 48.7 Å². The SMILES string of the molecule is CCNC(=NCc1ccc(CN(C)C)cc1)N(C)Cc1cn(C)nc1C(C)C.I. The highest BCUT2D eigenvalue weighted by molar-refractivity contribution is 14.0. The van der Waals surface area contributed by atoms with Gasteiger partial charge in [-0.2, -0.15) is 5.10 Å². The lowest BCUT2D eigenvalue weighted by Crippen LogP contribution is -2.38. The van der Waals surface area contributed by atoms with E-state index in [0.717, 1.165) is 31.3 Å². The Hall–Kier alpha value is -1.61. The molecule has 0 aliphatic carbocycles. The minimum Gasteiger partial charge on any atom is -0.357 e. The summed E-state index contributed by atoms with van der Waals surface area (Å²) in [6.45, 7) is 9.72. The van der Waals surface area contributed by atoms with Crippen LogP contribution in [0.15, 0.2) is 35.5 Å². The van der Waals surface area contributed by atoms with Gasteiger partial charge < -0.3 is 15.1 Å². The first-order valence-electron chi connectivity index (χ1n) is 10.0. The molecule has 0 bridgehead atoms. The van der Waals surface area contributed by atoms with E-state index in [1.807, 2.05) is 11.7 Å². The monoisotopic (exact) mass is 512 g/mol. The van der Waals surface area contributed by atoms with Crippen molar-refractivity contribution in [3.8, 4) is 0 Å². The smallest absolute Gasteiger partial charge is 0.194 e. The number of aryl methyl sites for hydroxylation is 1. The van der Waals surface area contributed by atoms with Gasteiger partial charge >= 0.3 is 0 Å². The highest BCUT2D eigenvalue weighted by Gasteiger charge is 2.15. The maximum absolute atomic E-state index is 4.85. The molecule has 2 rings (SSSR count). The van der Waals surface area contributed by atoms with Crippen molar-refractivity contribution in [1.29, 1.82) is 0 Å². The number of hydrogen-bond acceptors (Lipinski definition) is 3. The third-order valence-electron chi connectivity index (χ3n) is 4.52. The molecule has 1 aromatic heterocycles. The molecule has 0 fully saturated rings. The second-order valence-corrected chi connectivity index (χ2v) is 7.95. The molecular weight excluding hydrogens is 475 g/mol. The molecule has 0 spiro atoms. The number of aromatic nitrogens is 2. The molecule has 0 radical (unpaired) electrons. The van der Waals surface area contributed by atoms with Crippen molar-refractivity contribution >= 4 is 29.9 Å². The quantitative estimate of drug-likeness (QED) is 0.332. The van der Waals surface area contributed by atoms with Crippen LogP contribution in [0.4, 0.5) is 0 Å². The normalized spacial score (nSPS) is 11.7. The maximum Gasteiger partial charge on any atom is 0.194 e. The van der Waals surface area contributed by atoms with E-state index in [0.29, 0.717) is 12.5 Å². The second kappa shape index (κ2) is 12.2. The van der Waals surface area contributed by atoms with Crippen molar-refractivity contribution in [2.24, 2.45) is 12.0 Å². The number of nitrogens with one attached hydrogen (secondary N) is 1. The molecule has 0 unspecified atom stereocenters. The molecule has 2 aromatic rings. The fraction of sp³-hybridized carbons (Fsp3) is 0.545. The molecule has 6 nitrogen and oxygen atoms in total. The summed E-state index contributed by atoms with van der Waals surface area (Å²) in [6.07, 6.45) is 2.11. The third kappa shape index (κ3) is 7.97. The fourth-order valence-electron chi connectivity index (χ4n) is 3.24. The van der Waals surface area contributed by atoms with Crippen LogP contribution in [0.1, 0.15) is 49.1 Å². The van der Waals surface area contributed by atoms with Gasteiger partial charge in [-0.1, -0.05) is 38.1 Å². The lowest BCUT2D eigenvalue weighted by Gasteiger charge is -2.22. The molecule has 0 atom stereocenters. The average Bonchev–Trinajstić information content (AvgIpc) is 2.99. The van der Waals surface area contributed by atoms with Crippen LogP contribution in [0.5, 0.6) is 0 Å². The lowest BCUT2D eigenvalue weighted by molar-refractivity contribution is 0.402. The lowest BCUT2D eigenvalue weighted by atomic mass is 10.1. The van der Waals surface area contributed by atoms with Crippen LogP contribution in [0.2, 0.25) is 0 Å². The van der Waals surface area contributed by atoms with Gasteiger partial charge in [0.25, 0.3) is 0 Å². The number of rotatable bonds is 8. The molecule has 1 N–H and O–H groups in total.